The van der Waals surface area contributed by atoms with E-state index in [-0.39, 0.29) is 5.91 Å². The van der Waals surface area contributed by atoms with Gasteiger partial charge in [-0.15, -0.1) is 0 Å². The van der Waals surface area contributed by atoms with Gasteiger partial charge in [0, 0.05) is 38.6 Å². The van der Waals surface area contributed by atoms with Gasteiger partial charge in [-0.25, -0.2) is 4.98 Å². The van der Waals surface area contributed by atoms with Crippen LogP contribution in [0, 0.1) is 0 Å². The number of carbonyl (C=O) groups is 1. The second kappa shape index (κ2) is 6.51. The molecule has 0 saturated carbocycles. The molecule has 1 aliphatic rings. The first kappa shape index (κ1) is 14.4. The normalized spacial score (nSPS) is 15.0. The molecule has 1 fully saturated rings. The number of imidazole rings is 1. The monoisotopic (exact) mass is 300 g/mol. The molecule has 0 aliphatic carbocycles. The number of para-hydroxylation sites is 2. The Labute approximate surface area is 129 Å². The van der Waals surface area contributed by atoms with Gasteiger partial charge in [0.2, 0.25) is 5.91 Å². The average molecular weight is 300 g/mol. The Hall–Kier alpha value is -2.50. The predicted molar refractivity (Wildman–Crippen MR) is 84.0 cm³/mol. The first-order valence-corrected chi connectivity index (χ1v) is 7.39. The molecular formula is C16H20N4O2. The van der Waals surface area contributed by atoms with E-state index in [2.05, 4.69) is 16.0 Å². The lowest BCUT2D eigenvalue weighted by Gasteiger charge is -2.36. The quantitative estimate of drug-likeness (QED) is 0.852. The summed E-state index contributed by atoms with van der Waals surface area (Å²) in [6.45, 7) is 3.44. The van der Waals surface area contributed by atoms with Crippen molar-refractivity contribution < 1.29 is 9.53 Å². The zero-order chi connectivity index (χ0) is 15.4. The van der Waals surface area contributed by atoms with Crippen molar-refractivity contribution in [2.75, 3.05) is 38.2 Å². The Kier molecular flexibility index (Phi) is 4.27. The van der Waals surface area contributed by atoms with E-state index in [0.717, 1.165) is 37.6 Å². The van der Waals surface area contributed by atoms with E-state index in [1.54, 1.807) is 24.2 Å². The number of amides is 1. The smallest absolute Gasteiger partial charge is 0.242 e. The molecule has 1 aromatic carbocycles. The third-order valence-electron chi connectivity index (χ3n) is 3.94. The maximum Gasteiger partial charge on any atom is 0.242 e. The lowest BCUT2D eigenvalue weighted by Crippen LogP contribution is -2.49. The molecule has 0 N–H and O–H groups in total. The van der Waals surface area contributed by atoms with Crippen LogP contribution in [0.5, 0.6) is 5.75 Å². The summed E-state index contributed by atoms with van der Waals surface area (Å²) in [5.41, 5.74) is 1.09. The zero-order valence-corrected chi connectivity index (χ0v) is 12.7. The molecular weight excluding hydrogens is 280 g/mol. The van der Waals surface area contributed by atoms with Crippen LogP contribution in [0.4, 0.5) is 5.69 Å². The van der Waals surface area contributed by atoms with Crippen LogP contribution in [-0.4, -0.2) is 53.6 Å². The third-order valence-corrected chi connectivity index (χ3v) is 3.94. The minimum Gasteiger partial charge on any atom is -0.495 e. The molecule has 2 heterocycles. The second-order valence-electron chi connectivity index (χ2n) is 5.27. The minimum atomic E-state index is 0.137. The van der Waals surface area contributed by atoms with Gasteiger partial charge in [-0.1, -0.05) is 12.1 Å². The Bertz CT molecular complexity index is 619. The summed E-state index contributed by atoms with van der Waals surface area (Å²) in [7, 11) is 1.68. The highest BCUT2D eigenvalue weighted by molar-refractivity contribution is 5.76. The van der Waals surface area contributed by atoms with E-state index in [9.17, 15) is 4.79 Å². The van der Waals surface area contributed by atoms with Crippen LogP contribution in [0.1, 0.15) is 0 Å². The van der Waals surface area contributed by atoms with E-state index in [1.165, 1.54) is 0 Å². The number of hydrogen-bond donors (Lipinski definition) is 0. The molecule has 0 atom stereocenters. The number of nitrogens with zero attached hydrogens (tertiary/aromatic N) is 4. The van der Waals surface area contributed by atoms with E-state index in [0.29, 0.717) is 6.54 Å². The second-order valence-corrected chi connectivity index (χ2v) is 5.27. The molecule has 1 aromatic heterocycles. The minimum absolute atomic E-state index is 0.137. The lowest BCUT2D eigenvalue weighted by atomic mass is 10.2. The molecule has 0 bridgehead atoms. The Morgan fingerprint density at radius 1 is 1.23 bits per heavy atom. The van der Waals surface area contributed by atoms with Gasteiger partial charge in [-0.3, -0.25) is 4.79 Å². The van der Waals surface area contributed by atoms with Gasteiger partial charge in [0.25, 0.3) is 0 Å². The summed E-state index contributed by atoms with van der Waals surface area (Å²) >= 11 is 0. The van der Waals surface area contributed by atoms with Gasteiger partial charge >= 0.3 is 0 Å². The number of hydrogen-bond acceptors (Lipinski definition) is 4. The fourth-order valence-corrected chi connectivity index (χ4v) is 2.72. The first-order valence-electron chi connectivity index (χ1n) is 7.39. The highest BCUT2D eigenvalue weighted by atomic mass is 16.5. The SMILES string of the molecule is COc1ccccc1N1CCN(C(=O)Cn2ccnc2)CC1. The number of carbonyl (C=O) groups excluding carboxylic acids is 1. The van der Waals surface area contributed by atoms with Crippen LogP contribution in [0.3, 0.4) is 0 Å². The van der Waals surface area contributed by atoms with Crippen LogP contribution >= 0.6 is 0 Å². The van der Waals surface area contributed by atoms with Crippen molar-refractivity contribution in [3.8, 4) is 5.75 Å². The number of ether oxygens (including phenoxy) is 1. The maximum atomic E-state index is 12.3. The molecule has 116 valence electrons. The van der Waals surface area contributed by atoms with Crippen LogP contribution in [0.2, 0.25) is 0 Å². The van der Waals surface area contributed by atoms with Crippen molar-refractivity contribution in [2.24, 2.45) is 0 Å². The van der Waals surface area contributed by atoms with E-state index >= 15 is 0 Å². The van der Waals surface area contributed by atoms with Crippen molar-refractivity contribution in [2.45, 2.75) is 6.54 Å². The summed E-state index contributed by atoms with van der Waals surface area (Å²) in [5, 5.41) is 0. The van der Waals surface area contributed by atoms with E-state index < -0.39 is 0 Å². The highest BCUT2D eigenvalue weighted by Crippen LogP contribution is 2.28. The average Bonchev–Trinajstić information content (AvgIpc) is 3.08. The summed E-state index contributed by atoms with van der Waals surface area (Å²) < 4.78 is 7.21. The molecule has 6 nitrogen and oxygen atoms in total. The molecule has 0 radical (unpaired) electrons. The van der Waals surface area contributed by atoms with Gasteiger partial charge in [-0.05, 0) is 12.1 Å². The summed E-state index contributed by atoms with van der Waals surface area (Å²) in [6, 6.07) is 8.00. The number of piperazine rings is 1. The Morgan fingerprint density at radius 3 is 2.68 bits per heavy atom. The Balaban J connectivity index is 1.59. The Morgan fingerprint density at radius 2 is 2.00 bits per heavy atom. The van der Waals surface area contributed by atoms with Crippen LogP contribution in [-0.2, 0) is 11.3 Å². The largest absolute Gasteiger partial charge is 0.495 e. The molecule has 6 heteroatoms. The van der Waals surface area contributed by atoms with E-state index in [4.69, 9.17) is 4.74 Å². The summed E-state index contributed by atoms with van der Waals surface area (Å²) in [5.74, 6) is 1.01. The lowest BCUT2D eigenvalue weighted by molar-refractivity contribution is -0.132. The van der Waals surface area contributed by atoms with Gasteiger partial charge in [0.05, 0.1) is 19.1 Å². The van der Waals surface area contributed by atoms with Crippen molar-refractivity contribution in [3.05, 3.63) is 43.0 Å². The number of anilines is 1. The third kappa shape index (κ3) is 3.05. The predicted octanol–water partition coefficient (Wildman–Crippen LogP) is 1.24. The van der Waals surface area contributed by atoms with Gasteiger partial charge in [0.15, 0.2) is 0 Å². The molecule has 1 saturated heterocycles. The number of rotatable bonds is 4. The van der Waals surface area contributed by atoms with Crippen molar-refractivity contribution in [3.63, 3.8) is 0 Å². The van der Waals surface area contributed by atoms with Gasteiger partial charge in [-0.2, -0.15) is 0 Å². The van der Waals surface area contributed by atoms with Crippen molar-refractivity contribution >= 4 is 11.6 Å². The van der Waals surface area contributed by atoms with E-state index in [1.807, 2.05) is 29.3 Å². The van der Waals surface area contributed by atoms with Crippen LogP contribution in [0.25, 0.3) is 0 Å². The molecule has 0 spiro atoms. The maximum absolute atomic E-state index is 12.3. The van der Waals surface area contributed by atoms with Crippen LogP contribution < -0.4 is 9.64 Å². The summed E-state index contributed by atoms with van der Waals surface area (Å²) in [6.07, 6.45) is 5.17. The topological polar surface area (TPSA) is 50.6 Å². The molecule has 22 heavy (non-hydrogen) atoms. The van der Waals surface area contributed by atoms with Crippen LogP contribution in [0.15, 0.2) is 43.0 Å². The van der Waals surface area contributed by atoms with Gasteiger partial charge in [0.1, 0.15) is 12.3 Å². The summed E-state index contributed by atoms with van der Waals surface area (Å²) in [4.78, 5) is 20.4. The molecule has 3 rings (SSSR count). The number of methoxy groups -OCH3 is 1. The standard InChI is InChI=1S/C16H20N4O2/c1-22-15-5-3-2-4-14(15)19-8-10-20(11-9-19)16(21)12-18-7-6-17-13-18/h2-7,13H,8-12H2,1H3. The highest BCUT2D eigenvalue weighted by Gasteiger charge is 2.22. The molecule has 0 unspecified atom stereocenters. The van der Waals surface area contributed by atoms with Crippen molar-refractivity contribution in [1.29, 1.82) is 0 Å². The zero-order valence-electron chi connectivity index (χ0n) is 12.7. The number of benzene rings is 1. The molecule has 1 amide bonds. The fraction of sp³-hybridized carbons (Fsp3) is 0.375. The fourth-order valence-electron chi connectivity index (χ4n) is 2.72. The first-order chi connectivity index (χ1) is 10.8. The molecule has 1 aliphatic heterocycles. The van der Waals surface area contributed by atoms with Gasteiger partial charge < -0.3 is 19.1 Å². The number of aromatic nitrogens is 2. The molecule has 2 aromatic rings. The van der Waals surface area contributed by atoms with Crippen molar-refractivity contribution in [1.82, 2.24) is 14.5 Å².